The van der Waals surface area contributed by atoms with E-state index in [0.717, 1.165) is 11.3 Å². The number of benzene rings is 2. The molecule has 8 heteroatoms. The van der Waals surface area contributed by atoms with Crippen LogP contribution in [0.4, 0.5) is 4.39 Å². The van der Waals surface area contributed by atoms with Gasteiger partial charge in [-0.3, -0.25) is 0 Å². The summed E-state index contributed by atoms with van der Waals surface area (Å²) in [4.78, 5) is 4.41. The van der Waals surface area contributed by atoms with Crippen molar-refractivity contribution in [3.63, 3.8) is 0 Å². The molecule has 2 aromatic heterocycles. The molecule has 0 radical (unpaired) electrons. The number of methoxy groups -OCH3 is 2. The van der Waals surface area contributed by atoms with Crippen molar-refractivity contribution in [1.82, 2.24) is 10.1 Å². The predicted octanol–water partition coefficient (Wildman–Crippen LogP) is 5.59. The van der Waals surface area contributed by atoms with Crippen LogP contribution in [-0.2, 0) is 11.5 Å². The summed E-state index contributed by atoms with van der Waals surface area (Å²) in [7, 11) is 3.14. The molecule has 0 saturated heterocycles. The summed E-state index contributed by atoms with van der Waals surface area (Å²) in [5, 5.41) is 4.03. The van der Waals surface area contributed by atoms with Crippen molar-refractivity contribution in [3.05, 3.63) is 71.7 Å². The van der Waals surface area contributed by atoms with Crippen molar-refractivity contribution in [2.75, 3.05) is 14.2 Å². The Morgan fingerprint density at radius 1 is 0.967 bits per heavy atom. The first-order chi connectivity index (χ1) is 14.7. The van der Waals surface area contributed by atoms with E-state index in [1.54, 1.807) is 56.3 Å². The number of hydrogen-bond donors (Lipinski definition) is 0. The molecule has 0 unspecified atom stereocenters. The zero-order valence-electron chi connectivity index (χ0n) is 16.4. The minimum absolute atomic E-state index is 0.196. The highest BCUT2D eigenvalue weighted by atomic mass is 32.2. The third kappa shape index (κ3) is 4.33. The quantitative estimate of drug-likeness (QED) is 0.364. The third-order valence-electron chi connectivity index (χ3n) is 4.40. The summed E-state index contributed by atoms with van der Waals surface area (Å²) < 4.78 is 35.4. The molecule has 0 atom stereocenters. The number of halogens is 1. The second kappa shape index (κ2) is 9.04. The molecule has 0 spiro atoms. The molecule has 0 amide bonds. The Hall–Kier alpha value is -3.26. The van der Waals surface area contributed by atoms with Crippen LogP contribution in [0.3, 0.4) is 0 Å². The molecule has 0 aliphatic heterocycles. The molecule has 0 aliphatic rings. The van der Waals surface area contributed by atoms with Gasteiger partial charge in [-0.15, -0.1) is 11.8 Å². The van der Waals surface area contributed by atoms with Crippen LogP contribution >= 0.6 is 11.8 Å². The van der Waals surface area contributed by atoms with Gasteiger partial charge in [0.1, 0.15) is 11.6 Å². The highest BCUT2D eigenvalue weighted by molar-refractivity contribution is 7.97. The van der Waals surface area contributed by atoms with Gasteiger partial charge in [0.2, 0.25) is 5.82 Å². The Labute approximate surface area is 177 Å². The highest BCUT2D eigenvalue weighted by Crippen LogP contribution is 2.32. The first-order valence-electron chi connectivity index (χ1n) is 9.14. The van der Waals surface area contributed by atoms with Crippen LogP contribution in [-0.4, -0.2) is 24.4 Å². The van der Waals surface area contributed by atoms with Gasteiger partial charge in [0.15, 0.2) is 17.3 Å². The van der Waals surface area contributed by atoms with Gasteiger partial charge in [0.25, 0.3) is 5.89 Å². The first kappa shape index (κ1) is 20.0. The minimum Gasteiger partial charge on any atom is -0.493 e. The molecule has 6 nitrogen and oxygen atoms in total. The maximum atomic E-state index is 13.7. The minimum atomic E-state index is -0.196. The number of nitrogens with zero attached hydrogens (tertiary/aromatic N) is 2. The van der Waals surface area contributed by atoms with E-state index in [4.69, 9.17) is 18.4 Å². The molecule has 0 saturated carbocycles. The molecule has 0 bridgehead atoms. The average molecular weight is 426 g/mol. The fourth-order valence-electron chi connectivity index (χ4n) is 2.86. The highest BCUT2D eigenvalue weighted by Gasteiger charge is 2.16. The Balaban J connectivity index is 1.43. The van der Waals surface area contributed by atoms with Gasteiger partial charge in [-0.2, -0.15) is 4.98 Å². The number of thioether (sulfide) groups is 1. The molecule has 4 rings (SSSR count). The van der Waals surface area contributed by atoms with Crippen LogP contribution in [0.5, 0.6) is 11.5 Å². The second-order valence-corrected chi connectivity index (χ2v) is 7.33. The van der Waals surface area contributed by atoms with Crippen LogP contribution in [0.15, 0.2) is 63.5 Å². The Morgan fingerprint density at radius 3 is 2.60 bits per heavy atom. The summed E-state index contributed by atoms with van der Waals surface area (Å²) in [6, 6.07) is 15.8. The van der Waals surface area contributed by atoms with Crippen molar-refractivity contribution in [2.24, 2.45) is 0 Å². The SMILES string of the molecule is COc1ccc(-c2noc(-c3ccc(CSCc4ccccc4F)o3)n2)cc1OC. The molecule has 2 heterocycles. The maximum absolute atomic E-state index is 13.7. The van der Waals surface area contributed by atoms with Gasteiger partial charge >= 0.3 is 0 Å². The monoisotopic (exact) mass is 426 g/mol. The van der Waals surface area contributed by atoms with E-state index in [1.165, 1.54) is 6.07 Å². The number of furan rings is 1. The van der Waals surface area contributed by atoms with Crippen molar-refractivity contribution in [2.45, 2.75) is 11.5 Å². The van der Waals surface area contributed by atoms with E-state index in [-0.39, 0.29) is 11.7 Å². The second-order valence-electron chi connectivity index (χ2n) is 6.34. The van der Waals surface area contributed by atoms with E-state index in [1.807, 2.05) is 18.2 Å². The van der Waals surface area contributed by atoms with Crippen molar-refractivity contribution >= 4 is 11.8 Å². The molecule has 30 heavy (non-hydrogen) atoms. The fourth-order valence-corrected chi connectivity index (χ4v) is 3.78. The number of hydrogen-bond acceptors (Lipinski definition) is 7. The summed E-state index contributed by atoms with van der Waals surface area (Å²) in [5.74, 6) is 4.09. The lowest BCUT2D eigenvalue weighted by molar-refractivity contribution is 0.355. The van der Waals surface area contributed by atoms with Crippen molar-refractivity contribution < 1.29 is 22.8 Å². The largest absolute Gasteiger partial charge is 0.493 e. The van der Waals surface area contributed by atoms with E-state index < -0.39 is 0 Å². The van der Waals surface area contributed by atoms with Crippen LogP contribution < -0.4 is 9.47 Å². The van der Waals surface area contributed by atoms with Gasteiger partial charge in [-0.05, 0) is 42.0 Å². The standard InChI is InChI=1S/C22H19FN2O4S/c1-26-18-9-7-14(11-20(18)27-2)21-24-22(29-25-21)19-10-8-16(28-19)13-30-12-15-5-3-4-6-17(15)23/h3-11H,12-13H2,1-2H3. The lowest BCUT2D eigenvalue weighted by Crippen LogP contribution is -1.91. The molecule has 0 fully saturated rings. The molecular weight excluding hydrogens is 407 g/mol. The molecule has 2 aromatic carbocycles. The lowest BCUT2D eigenvalue weighted by Gasteiger charge is -2.07. The smallest absolute Gasteiger partial charge is 0.293 e. The van der Waals surface area contributed by atoms with E-state index in [2.05, 4.69) is 10.1 Å². The van der Waals surface area contributed by atoms with Crippen LogP contribution in [0.1, 0.15) is 11.3 Å². The van der Waals surface area contributed by atoms with E-state index >= 15 is 0 Å². The Morgan fingerprint density at radius 2 is 1.80 bits per heavy atom. The third-order valence-corrected chi connectivity index (χ3v) is 5.40. The molecule has 4 aromatic rings. The van der Waals surface area contributed by atoms with Crippen LogP contribution in [0.2, 0.25) is 0 Å². The zero-order valence-corrected chi connectivity index (χ0v) is 17.2. The fraction of sp³-hybridized carbons (Fsp3) is 0.182. The van der Waals surface area contributed by atoms with Gasteiger partial charge in [0.05, 0.1) is 20.0 Å². The van der Waals surface area contributed by atoms with E-state index in [9.17, 15) is 4.39 Å². The summed E-state index contributed by atoms with van der Waals surface area (Å²) in [6.07, 6.45) is 0. The summed E-state index contributed by atoms with van der Waals surface area (Å²) in [6.45, 7) is 0. The predicted molar refractivity (Wildman–Crippen MR) is 112 cm³/mol. The molecule has 154 valence electrons. The topological polar surface area (TPSA) is 70.5 Å². The van der Waals surface area contributed by atoms with Gasteiger partial charge < -0.3 is 18.4 Å². The van der Waals surface area contributed by atoms with Gasteiger partial charge in [0, 0.05) is 11.3 Å². The summed E-state index contributed by atoms with van der Waals surface area (Å²) in [5.41, 5.74) is 1.40. The average Bonchev–Trinajstić information content (AvgIpc) is 3.44. The van der Waals surface area contributed by atoms with Gasteiger partial charge in [-0.25, -0.2) is 4.39 Å². The number of aromatic nitrogens is 2. The zero-order chi connectivity index (χ0) is 20.9. The first-order valence-corrected chi connectivity index (χ1v) is 10.3. The normalized spacial score (nSPS) is 10.9. The maximum Gasteiger partial charge on any atom is 0.293 e. The molecular formula is C22H19FN2O4S. The molecule has 0 N–H and O–H groups in total. The van der Waals surface area contributed by atoms with Crippen LogP contribution in [0.25, 0.3) is 23.0 Å². The Kier molecular flexibility index (Phi) is 6.04. The van der Waals surface area contributed by atoms with Crippen LogP contribution in [0, 0.1) is 5.82 Å². The number of ether oxygens (including phenoxy) is 2. The van der Waals surface area contributed by atoms with Crippen molar-refractivity contribution in [3.8, 4) is 34.5 Å². The molecule has 0 aliphatic carbocycles. The van der Waals surface area contributed by atoms with Crippen molar-refractivity contribution in [1.29, 1.82) is 0 Å². The Bertz CT molecular complexity index is 1140. The summed E-state index contributed by atoms with van der Waals surface area (Å²) >= 11 is 1.57. The van der Waals surface area contributed by atoms with E-state index in [0.29, 0.717) is 40.2 Å². The van der Waals surface area contributed by atoms with Gasteiger partial charge in [-0.1, -0.05) is 23.4 Å². The number of rotatable bonds is 8. The lowest BCUT2D eigenvalue weighted by atomic mass is 10.2.